The van der Waals surface area contributed by atoms with E-state index < -0.39 is 0 Å². The van der Waals surface area contributed by atoms with E-state index in [1.807, 2.05) is 5.32 Å². The van der Waals surface area contributed by atoms with Crippen LogP contribution in [0, 0.1) is 7.05 Å². The van der Waals surface area contributed by atoms with E-state index in [2.05, 4.69) is 37.4 Å². The fourth-order valence-corrected chi connectivity index (χ4v) is 1.10. The maximum absolute atomic E-state index is 3.69. The van der Waals surface area contributed by atoms with Crippen molar-refractivity contribution in [3.05, 3.63) is 42.9 Å². The van der Waals surface area contributed by atoms with Gasteiger partial charge < -0.3 is 5.32 Å². The van der Waals surface area contributed by atoms with E-state index >= 15 is 0 Å². The van der Waals surface area contributed by atoms with Crippen molar-refractivity contribution in [2.75, 3.05) is 6.54 Å². The van der Waals surface area contributed by atoms with E-state index in [1.165, 1.54) is 18.4 Å². The molecule has 0 spiro atoms. The second-order valence-electron chi connectivity index (χ2n) is 2.67. The van der Waals surface area contributed by atoms with Gasteiger partial charge in [0.15, 0.2) is 0 Å². The zero-order valence-corrected chi connectivity index (χ0v) is 6.79. The average Bonchev–Trinajstić information content (AvgIpc) is 2.07. The summed E-state index contributed by atoms with van der Waals surface area (Å²) >= 11 is 0. The van der Waals surface area contributed by atoms with Gasteiger partial charge in [-0.1, -0.05) is 30.3 Å². The van der Waals surface area contributed by atoms with Crippen LogP contribution in [0.2, 0.25) is 0 Å². The first-order valence-electron chi connectivity index (χ1n) is 4.08. The highest BCUT2D eigenvalue weighted by atomic mass is 14.8. The molecule has 0 radical (unpaired) electrons. The van der Waals surface area contributed by atoms with Gasteiger partial charge in [-0.2, -0.15) is 7.05 Å². The van der Waals surface area contributed by atoms with Crippen LogP contribution in [-0.4, -0.2) is 6.54 Å². The Morgan fingerprint density at radius 3 is 2.55 bits per heavy atom. The van der Waals surface area contributed by atoms with E-state index in [1.54, 1.807) is 0 Å². The van der Waals surface area contributed by atoms with Crippen LogP contribution in [0.5, 0.6) is 0 Å². The van der Waals surface area contributed by atoms with Gasteiger partial charge in [0.1, 0.15) is 0 Å². The summed E-state index contributed by atoms with van der Waals surface area (Å²) in [4.78, 5) is 0. The number of benzene rings is 1. The fraction of sp³-hybridized carbons (Fsp3) is 0.300. The zero-order valence-electron chi connectivity index (χ0n) is 6.79. The highest BCUT2D eigenvalue weighted by molar-refractivity contribution is 5.14. The van der Waals surface area contributed by atoms with Crippen molar-refractivity contribution in [3.8, 4) is 0 Å². The molecule has 0 bridgehead atoms. The molecule has 11 heavy (non-hydrogen) atoms. The van der Waals surface area contributed by atoms with E-state index in [9.17, 15) is 0 Å². The first kappa shape index (κ1) is 8.28. The van der Waals surface area contributed by atoms with E-state index in [0.29, 0.717) is 0 Å². The number of hydrogen-bond acceptors (Lipinski definition) is 0. The molecule has 0 aliphatic heterocycles. The lowest BCUT2D eigenvalue weighted by Crippen LogP contribution is -2.76. The van der Waals surface area contributed by atoms with Crippen molar-refractivity contribution in [1.29, 1.82) is 0 Å². The van der Waals surface area contributed by atoms with Gasteiger partial charge in [0, 0.05) is 0 Å². The minimum atomic E-state index is 1.12. The van der Waals surface area contributed by atoms with Crippen LogP contribution in [0.25, 0.3) is 0 Å². The third kappa shape index (κ3) is 3.19. The average molecular weight is 149 g/mol. The molecule has 2 N–H and O–H groups in total. The minimum Gasteiger partial charge on any atom is -0.479 e. The van der Waals surface area contributed by atoms with Crippen molar-refractivity contribution >= 4 is 0 Å². The van der Waals surface area contributed by atoms with Crippen molar-refractivity contribution in [1.82, 2.24) is 0 Å². The van der Waals surface area contributed by atoms with Crippen molar-refractivity contribution in [2.45, 2.75) is 12.8 Å². The summed E-state index contributed by atoms with van der Waals surface area (Å²) in [5.74, 6) is 0. The number of rotatable bonds is 4. The monoisotopic (exact) mass is 149 g/mol. The third-order valence-corrected chi connectivity index (χ3v) is 1.72. The van der Waals surface area contributed by atoms with Crippen LogP contribution < -0.4 is 5.32 Å². The molecule has 0 unspecified atom stereocenters. The predicted octanol–water partition coefficient (Wildman–Crippen LogP) is 0.974. The van der Waals surface area contributed by atoms with Crippen LogP contribution in [0.4, 0.5) is 0 Å². The molecule has 1 heteroatoms. The first-order chi connectivity index (χ1) is 5.43. The summed E-state index contributed by atoms with van der Waals surface area (Å²) in [6.45, 7) is 1.12. The van der Waals surface area contributed by atoms with Gasteiger partial charge >= 0.3 is 0 Å². The number of aryl methyl sites for hydroxylation is 1. The first-order valence-corrected chi connectivity index (χ1v) is 4.08. The number of hydrogen-bond donors (Lipinski definition) is 1. The summed E-state index contributed by atoms with van der Waals surface area (Å²) in [7, 11) is 3.69. The van der Waals surface area contributed by atoms with Gasteiger partial charge in [-0.25, -0.2) is 0 Å². The molecule has 1 nitrogen and oxygen atoms in total. The quantitative estimate of drug-likeness (QED) is 0.485. The molecular formula is C10H15N. The molecule has 0 amide bonds. The zero-order chi connectivity index (χ0) is 7.94. The van der Waals surface area contributed by atoms with Crippen molar-refractivity contribution in [2.24, 2.45) is 0 Å². The Balaban J connectivity index is 2.28. The summed E-state index contributed by atoms with van der Waals surface area (Å²) in [6.07, 6.45) is 2.39. The lowest BCUT2D eigenvalue weighted by Gasteiger charge is -2.00. The molecule has 60 valence electrons. The van der Waals surface area contributed by atoms with Crippen LogP contribution in [-0.2, 0) is 6.42 Å². The number of quaternary nitrogens is 1. The molecular weight excluding hydrogens is 134 g/mol. The maximum atomic E-state index is 3.69. The molecule has 1 aromatic rings. The second kappa shape index (κ2) is 4.91. The molecule has 1 aromatic carbocycles. The van der Waals surface area contributed by atoms with Crippen LogP contribution in [0.15, 0.2) is 30.3 Å². The second-order valence-corrected chi connectivity index (χ2v) is 2.67. The van der Waals surface area contributed by atoms with Gasteiger partial charge in [0.25, 0.3) is 0 Å². The minimum absolute atomic E-state index is 1.12. The Labute approximate surface area is 68.4 Å². The Kier molecular flexibility index (Phi) is 3.70. The van der Waals surface area contributed by atoms with Gasteiger partial charge in [-0.05, 0) is 18.4 Å². The van der Waals surface area contributed by atoms with Gasteiger partial charge in [0.2, 0.25) is 0 Å². The summed E-state index contributed by atoms with van der Waals surface area (Å²) in [6, 6.07) is 10.6. The van der Waals surface area contributed by atoms with E-state index in [0.717, 1.165) is 6.54 Å². The lowest BCUT2D eigenvalue weighted by molar-refractivity contribution is -0.595. The highest BCUT2D eigenvalue weighted by Crippen LogP contribution is 2.00. The van der Waals surface area contributed by atoms with E-state index in [4.69, 9.17) is 0 Å². The van der Waals surface area contributed by atoms with Crippen LogP contribution >= 0.6 is 0 Å². The van der Waals surface area contributed by atoms with Crippen LogP contribution in [0.3, 0.4) is 0 Å². The molecule has 0 heterocycles. The van der Waals surface area contributed by atoms with Crippen molar-refractivity contribution < 1.29 is 5.32 Å². The predicted molar refractivity (Wildman–Crippen MR) is 46.9 cm³/mol. The smallest absolute Gasteiger partial charge is 0.0518 e. The highest BCUT2D eigenvalue weighted by Gasteiger charge is 1.89. The summed E-state index contributed by atoms with van der Waals surface area (Å²) in [5.41, 5.74) is 1.43. The maximum Gasteiger partial charge on any atom is 0.0518 e. The summed E-state index contributed by atoms with van der Waals surface area (Å²) < 4.78 is 0. The molecule has 0 atom stereocenters. The molecule has 0 aliphatic rings. The Bertz CT molecular complexity index is 181. The molecule has 0 aliphatic carbocycles. The summed E-state index contributed by atoms with van der Waals surface area (Å²) in [5, 5.41) is 1.98. The largest absolute Gasteiger partial charge is 0.479 e. The Morgan fingerprint density at radius 1 is 1.18 bits per heavy atom. The molecule has 0 aromatic heterocycles. The molecule has 0 saturated heterocycles. The van der Waals surface area contributed by atoms with Gasteiger partial charge in [-0.15, -0.1) is 0 Å². The van der Waals surface area contributed by atoms with Crippen molar-refractivity contribution in [3.63, 3.8) is 0 Å². The standard InChI is InChI=1S/C10H15N/c1-11-9-5-8-10-6-3-2-4-7-10/h2-4,6-7H,1,5,8-9,11H2. The topological polar surface area (TPSA) is 16.6 Å². The molecule has 0 saturated carbocycles. The van der Waals surface area contributed by atoms with E-state index in [-0.39, 0.29) is 0 Å². The Morgan fingerprint density at radius 2 is 1.91 bits per heavy atom. The lowest BCUT2D eigenvalue weighted by atomic mass is 10.1. The molecule has 0 fully saturated rings. The molecule has 1 rings (SSSR count). The fourth-order valence-electron chi connectivity index (χ4n) is 1.10. The van der Waals surface area contributed by atoms with Gasteiger partial charge in [-0.3, -0.25) is 0 Å². The SMILES string of the molecule is [CH2-][NH2+]CCCc1ccccc1. The number of nitrogens with two attached hydrogens (primary N) is 1. The normalized spacial score (nSPS) is 9.91. The Hall–Kier alpha value is -0.820. The van der Waals surface area contributed by atoms with Gasteiger partial charge in [0.05, 0.1) is 6.54 Å². The van der Waals surface area contributed by atoms with Crippen LogP contribution in [0.1, 0.15) is 12.0 Å². The third-order valence-electron chi connectivity index (χ3n) is 1.72.